The lowest BCUT2D eigenvalue weighted by Gasteiger charge is -2.16. The topological polar surface area (TPSA) is 55.4 Å². The van der Waals surface area contributed by atoms with E-state index in [9.17, 15) is 9.59 Å². The molecule has 0 unspecified atom stereocenters. The molecule has 2 aromatic carbocycles. The van der Waals surface area contributed by atoms with Crippen molar-refractivity contribution in [1.82, 2.24) is 5.32 Å². The van der Waals surface area contributed by atoms with E-state index in [1.165, 1.54) is 18.7 Å². The Balaban J connectivity index is 1.93. The van der Waals surface area contributed by atoms with Gasteiger partial charge in [-0.05, 0) is 50.6 Å². The van der Waals surface area contributed by atoms with Crippen molar-refractivity contribution < 1.29 is 14.3 Å². The van der Waals surface area contributed by atoms with Crippen LogP contribution in [0.4, 0.5) is 0 Å². The summed E-state index contributed by atoms with van der Waals surface area (Å²) in [4.78, 5) is 23.9. The summed E-state index contributed by atoms with van der Waals surface area (Å²) in [6, 6.07) is 12.7. The maximum Gasteiger partial charge on any atom is 0.230 e. The second kappa shape index (κ2) is 10.4. The summed E-state index contributed by atoms with van der Waals surface area (Å²) in [5.41, 5.74) is 2.46. The first-order valence-corrected chi connectivity index (χ1v) is 10.3. The summed E-state index contributed by atoms with van der Waals surface area (Å²) in [5, 5.41) is 3.60. The Hall–Kier alpha value is -1.98. The Morgan fingerprint density at radius 2 is 1.96 bits per heavy atom. The Bertz CT molecular complexity index is 810. The van der Waals surface area contributed by atoms with Crippen LogP contribution in [-0.2, 0) is 10.5 Å². The highest BCUT2D eigenvalue weighted by Crippen LogP contribution is 2.26. The van der Waals surface area contributed by atoms with E-state index in [0.717, 1.165) is 16.9 Å². The SMILES string of the molecule is CCOc1ccc(C(C)=O)cc1CSCC(=O)N[C@H](C)c1ccccc1Cl. The minimum absolute atomic E-state index is 0.00982. The minimum atomic E-state index is -0.160. The van der Waals surface area contributed by atoms with Gasteiger partial charge in [-0.3, -0.25) is 9.59 Å². The molecule has 0 aliphatic rings. The molecule has 0 saturated carbocycles. The van der Waals surface area contributed by atoms with E-state index in [2.05, 4.69) is 5.32 Å². The van der Waals surface area contributed by atoms with E-state index in [0.29, 0.717) is 28.7 Å². The molecule has 6 heteroatoms. The van der Waals surface area contributed by atoms with Gasteiger partial charge in [0.15, 0.2) is 5.78 Å². The fourth-order valence-corrected chi connectivity index (χ4v) is 3.76. The molecule has 0 heterocycles. The highest BCUT2D eigenvalue weighted by Gasteiger charge is 2.13. The lowest BCUT2D eigenvalue weighted by molar-refractivity contribution is -0.119. The number of hydrogen-bond acceptors (Lipinski definition) is 4. The molecule has 0 spiro atoms. The van der Waals surface area contributed by atoms with Crippen LogP contribution in [0.1, 0.15) is 48.3 Å². The van der Waals surface area contributed by atoms with Crippen molar-refractivity contribution in [1.29, 1.82) is 0 Å². The number of amides is 1. The number of carbonyl (C=O) groups excluding carboxylic acids is 2. The van der Waals surface area contributed by atoms with E-state index in [1.807, 2.05) is 50.2 Å². The summed E-state index contributed by atoms with van der Waals surface area (Å²) in [6.45, 7) is 5.91. The summed E-state index contributed by atoms with van der Waals surface area (Å²) in [6.07, 6.45) is 0. The molecule has 0 bridgehead atoms. The molecule has 27 heavy (non-hydrogen) atoms. The van der Waals surface area contributed by atoms with Crippen LogP contribution in [-0.4, -0.2) is 24.1 Å². The van der Waals surface area contributed by atoms with Gasteiger partial charge in [0.25, 0.3) is 0 Å². The Labute approximate surface area is 169 Å². The summed E-state index contributed by atoms with van der Waals surface area (Å²) in [7, 11) is 0. The van der Waals surface area contributed by atoms with Crippen LogP contribution in [0, 0.1) is 0 Å². The lowest BCUT2D eigenvalue weighted by atomic mass is 10.1. The molecule has 0 aliphatic heterocycles. The standard InChI is InChI=1S/C21H24ClNO3S/c1-4-26-20-10-9-16(15(3)24)11-17(20)12-27-13-21(25)23-14(2)18-7-5-6-8-19(18)22/h5-11,14H,4,12-13H2,1-3H3,(H,23,25)/t14-/m1/s1. The zero-order valence-corrected chi connectivity index (χ0v) is 17.3. The minimum Gasteiger partial charge on any atom is -0.494 e. The predicted molar refractivity (Wildman–Crippen MR) is 112 cm³/mol. The van der Waals surface area contributed by atoms with Crippen molar-refractivity contribution in [3.63, 3.8) is 0 Å². The number of hydrogen-bond donors (Lipinski definition) is 1. The fourth-order valence-electron chi connectivity index (χ4n) is 2.65. The van der Waals surface area contributed by atoms with E-state index in [4.69, 9.17) is 16.3 Å². The van der Waals surface area contributed by atoms with Crippen molar-refractivity contribution in [2.45, 2.75) is 32.6 Å². The number of benzene rings is 2. The van der Waals surface area contributed by atoms with Crippen LogP contribution >= 0.6 is 23.4 Å². The van der Waals surface area contributed by atoms with Crippen LogP contribution < -0.4 is 10.1 Å². The van der Waals surface area contributed by atoms with Crippen molar-refractivity contribution in [3.8, 4) is 5.75 Å². The zero-order valence-electron chi connectivity index (χ0n) is 15.8. The second-order valence-electron chi connectivity index (χ2n) is 6.12. The van der Waals surface area contributed by atoms with Gasteiger partial charge in [-0.1, -0.05) is 29.8 Å². The summed E-state index contributed by atoms with van der Waals surface area (Å²) in [5.74, 6) is 1.60. The van der Waals surface area contributed by atoms with Gasteiger partial charge in [0.1, 0.15) is 5.75 Å². The van der Waals surface area contributed by atoms with Gasteiger partial charge >= 0.3 is 0 Å². The Morgan fingerprint density at radius 1 is 1.22 bits per heavy atom. The number of Topliss-reactive ketones (excluding diaryl/α,β-unsaturated/α-hetero) is 1. The van der Waals surface area contributed by atoms with Gasteiger partial charge < -0.3 is 10.1 Å². The largest absolute Gasteiger partial charge is 0.494 e. The van der Waals surface area contributed by atoms with E-state index in [1.54, 1.807) is 6.07 Å². The van der Waals surface area contributed by atoms with Crippen LogP contribution in [0.3, 0.4) is 0 Å². The van der Waals surface area contributed by atoms with Gasteiger partial charge in [0.2, 0.25) is 5.91 Å². The Morgan fingerprint density at radius 3 is 2.63 bits per heavy atom. The van der Waals surface area contributed by atoms with Crippen molar-refractivity contribution in [3.05, 3.63) is 64.2 Å². The van der Waals surface area contributed by atoms with Crippen molar-refractivity contribution in [2.24, 2.45) is 0 Å². The highest BCUT2D eigenvalue weighted by molar-refractivity contribution is 7.99. The molecule has 1 amide bonds. The third-order valence-corrected chi connectivity index (χ3v) is 5.33. The average Bonchev–Trinajstić information content (AvgIpc) is 2.63. The first-order valence-electron chi connectivity index (χ1n) is 8.80. The molecule has 4 nitrogen and oxygen atoms in total. The van der Waals surface area contributed by atoms with E-state index >= 15 is 0 Å². The quantitative estimate of drug-likeness (QED) is 0.593. The van der Waals surface area contributed by atoms with Crippen LogP contribution in [0.2, 0.25) is 5.02 Å². The average molecular weight is 406 g/mol. The number of nitrogens with one attached hydrogen (secondary N) is 1. The normalized spacial score (nSPS) is 11.7. The molecule has 0 saturated heterocycles. The molecular formula is C21H24ClNO3S. The van der Waals surface area contributed by atoms with Gasteiger partial charge in [-0.25, -0.2) is 0 Å². The highest BCUT2D eigenvalue weighted by atomic mass is 35.5. The molecule has 0 aromatic heterocycles. The number of ether oxygens (including phenoxy) is 1. The van der Waals surface area contributed by atoms with Crippen molar-refractivity contribution >= 4 is 35.1 Å². The maximum absolute atomic E-state index is 12.3. The third kappa shape index (κ3) is 6.29. The summed E-state index contributed by atoms with van der Waals surface area (Å²) < 4.78 is 5.62. The van der Waals surface area contributed by atoms with Crippen molar-refractivity contribution in [2.75, 3.05) is 12.4 Å². The lowest BCUT2D eigenvalue weighted by Crippen LogP contribution is -2.28. The molecule has 1 N–H and O–H groups in total. The smallest absolute Gasteiger partial charge is 0.230 e. The Kier molecular flexibility index (Phi) is 8.20. The molecule has 2 rings (SSSR count). The number of thioether (sulfide) groups is 1. The molecule has 0 aliphatic carbocycles. The van der Waals surface area contributed by atoms with Gasteiger partial charge in [0.05, 0.1) is 18.4 Å². The zero-order chi connectivity index (χ0) is 19.8. The number of carbonyl (C=O) groups is 2. The summed E-state index contributed by atoms with van der Waals surface area (Å²) >= 11 is 7.66. The molecule has 0 fully saturated rings. The van der Waals surface area contributed by atoms with Crippen LogP contribution in [0.15, 0.2) is 42.5 Å². The maximum atomic E-state index is 12.3. The van der Waals surface area contributed by atoms with Crippen LogP contribution in [0.5, 0.6) is 5.75 Å². The second-order valence-corrected chi connectivity index (χ2v) is 7.51. The molecular weight excluding hydrogens is 382 g/mol. The number of halogens is 1. The monoisotopic (exact) mass is 405 g/mol. The number of ketones is 1. The fraction of sp³-hybridized carbons (Fsp3) is 0.333. The van der Waals surface area contributed by atoms with Gasteiger partial charge in [0, 0.05) is 21.9 Å². The molecule has 2 aromatic rings. The number of rotatable bonds is 9. The first-order chi connectivity index (χ1) is 12.9. The predicted octanol–water partition coefficient (Wildman–Crippen LogP) is 5.05. The molecule has 1 atom stereocenters. The van der Waals surface area contributed by atoms with E-state index in [-0.39, 0.29) is 17.7 Å². The van der Waals surface area contributed by atoms with Gasteiger partial charge in [-0.2, -0.15) is 0 Å². The van der Waals surface area contributed by atoms with E-state index < -0.39 is 0 Å². The third-order valence-electron chi connectivity index (χ3n) is 4.01. The molecule has 0 radical (unpaired) electrons. The van der Waals surface area contributed by atoms with Crippen LogP contribution in [0.25, 0.3) is 0 Å². The van der Waals surface area contributed by atoms with Gasteiger partial charge in [-0.15, -0.1) is 11.8 Å². The molecule has 144 valence electrons. The first kappa shape index (κ1) is 21.3.